The summed E-state index contributed by atoms with van der Waals surface area (Å²) in [5.41, 5.74) is 2.12. The molecule has 0 radical (unpaired) electrons. The minimum atomic E-state index is 0.0721. The van der Waals surface area contributed by atoms with E-state index >= 15 is 0 Å². The fourth-order valence-electron chi connectivity index (χ4n) is 4.18. The lowest BCUT2D eigenvalue weighted by molar-refractivity contribution is -0.141. The molecule has 2 aliphatic heterocycles. The van der Waals surface area contributed by atoms with Crippen molar-refractivity contribution in [2.45, 2.75) is 39.5 Å². The summed E-state index contributed by atoms with van der Waals surface area (Å²) in [4.78, 5) is 40.0. The molecule has 0 spiro atoms. The van der Waals surface area contributed by atoms with E-state index < -0.39 is 0 Å². The van der Waals surface area contributed by atoms with Crippen LogP contribution < -0.4 is 4.90 Å². The topological polar surface area (TPSA) is 69.6 Å². The molecule has 1 saturated carbocycles. The number of anilines is 1. The summed E-state index contributed by atoms with van der Waals surface area (Å²) in [6.07, 6.45) is 5.33. The molecule has 1 aliphatic carbocycles. The van der Waals surface area contributed by atoms with E-state index in [0.29, 0.717) is 5.91 Å². The van der Waals surface area contributed by atoms with Crippen LogP contribution in [0.4, 0.5) is 5.82 Å². The highest BCUT2D eigenvalue weighted by Crippen LogP contribution is 2.32. The monoisotopic (exact) mass is 371 g/mol. The van der Waals surface area contributed by atoms with Gasteiger partial charge in [-0.15, -0.1) is 0 Å². The molecule has 0 bridgehead atoms. The summed E-state index contributed by atoms with van der Waals surface area (Å²) in [6, 6.07) is 0. The molecule has 7 nitrogen and oxygen atoms in total. The van der Waals surface area contributed by atoms with Crippen LogP contribution in [0.2, 0.25) is 0 Å². The Kier molecular flexibility index (Phi) is 5.02. The summed E-state index contributed by atoms with van der Waals surface area (Å²) in [5, 5.41) is 0. The van der Waals surface area contributed by atoms with Crippen LogP contribution in [0.25, 0.3) is 0 Å². The second kappa shape index (κ2) is 7.44. The molecule has 7 heteroatoms. The maximum atomic E-state index is 12.9. The maximum Gasteiger partial charge on any atom is 0.225 e. The normalized spacial score (nSPS) is 21.5. The highest BCUT2D eigenvalue weighted by Gasteiger charge is 2.37. The van der Waals surface area contributed by atoms with E-state index in [1.54, 1.807) is 6.33 Å². The Morgan fingerprint density at radius 3 is 1.96 bits per heavy atom. The van der Waals surface area contributed by atoms with Crippen LogP contribution in [-0.4, -0.2) is 70.9 Å². The van der Waals surface area contributed by atoms with Gasteiger partial charge >= 0.3 is 0 Å². The Bertz CT molecular complexity index is 717. The van der Waals surface area contributed by atoms with Gasteiger partial charge in [0.2, 0.25) is 11.8 Å². The largest absolute Gasteiger partial charge is 0.353 e. The predicted octanol–water partition coefficient (Wildman–Crippen LogP) is 1.39. The second-order valence-electron chi connectivity index (χ2n) is 8.09. The van der Waals surface area contributed by atoms with Crippen LogP contribution in [0.5, 0.6) is 0 Å². The lowest BCUT2D eigenvalue weighted by Crippen LogP contribution is -2.52. The van der Waals surface area contributed by atoms with Crippen LogP contribution in [0.1, 0.15) is 36.9 Å². The van der Waals surface area contributed by atoms with Crippen molar-refractivity contribution >= 4 is 17.6 Å². The number of likely N-dealkylation sites (tertiary alicyclic amines) is 1. The number of carbonyl (C=O) groups excluding carboxylic acids is 2. The molecule has 2 saturated heterocycles. The van der Waals surface area contributed by atoms with Crippen molar-refractivity contribution in [1.82, 2.24) is 19.8 Å². The Hall–Kier alpha value is -2.18. The van der Waals surface area contributed by atoms with Crippen molar-refractivity contribution in [3.8, 4) is 0 Å². The van der Waals surface area contributed by atoms with Crippen molar-refractivity contribution in [1.29, 1.82) is 0 Å². The quantitative estimate of drug-likeness (QED) is 0.803. The van der Waals surface area contributed by atoms with Crippen LogP contribution in [0, 0.1) is 25.7 Å². The molecule has 0 aromatic carbocycles. The Balaban J connectivity index is 1.29. The maximum absolute atomic E-state index is 12.9. The number of piperidine rings is 1. The summed E-state index contributed by atoms with van der Waals surface area (Å²) < 4.78 is 0. The van der Waals surface area contributed by atoms with Gasteiger partial charge in [0, 0.05) is 62.4 Å². The third kappa shape index (κ3) is 3.77. The zero-order valence-electron chi connectivity index (χ0n) is 16.4. The summed E-state index contributed by atoms with van der Waals surface area (Å²) in [6.45, 7) is 8.63. The van der Waals surface area contributed by atoms with E-state index in [2.05, 4.69) is 21.8 Å². The molecule has 1 aromatic heterocycles. The fourth-order valence-corrected chi connectivity index (χ4v) is 4.18. The van der Waals surface area contributed by atoms with Crippen LogP contribution >= 0.6 is 0 Å². The molecule has 3 aliphatic rings. The molecule has 4 rings (SSSR count). The van der Waals surface area contributed by atoms with Crippen molar-refractivity contribution in [2.75, 3.05) is 44.2 Å². The molecule has 2 amide bonds. The number of hydrogen-bond acceptors (Lipinski definition) is 5. The number of aromatic nitrogens is 2. The van der Waals surface area contributed by atoms with E-state index in [0.717, 1.165) is 82.0 Å². The van der Waals surface area contributed by atoms with Gasteiger partial charge in [0.1, 0.15) is 12.1 Å². The molecular formula is C20H29N5O2. The van der Waals surface area contributed by atoms with Crippen LogP contribution in [-0.2, 0) is 9.59 Å². The summed E-state index contributed by atoms with van der Waals surface area (Å²) >= 11 is 0. The van der Waals surface area contributed by atoms with E-state index in [4.69, 9.17) is 0 Å². The van der Waals surface area contributed by atoms with Crippen molar-refractivity contribution < 1.29 is 9.59 Å². The molecule has 3 heterocycles. The van der Waals surface area contributed by atoms with E-state index in [1.807, 2.05) is 16.7 Å². The first kappa shape index (κ1) is 18.2. The highest BCUT2D eigenvalue weighted by atomic mass is 16.2. The molecule has 0 unspecified atom stereocenters. The van der Waals surface area contributed by atoms with Gasteiger partial charge in [-0.3, -0.25) is 9.59 Å². The summed E-state index contributed by atoms with van der Waals surface area (Å²) in [5.74, 6) is 1.91. The molecule has 0 atom stereocenters. The lowest BCUT2D eigenvalue weighted by Gasteiger charge is -2.39. The van der Waals surface area contributed by atoms with E-state index in [1.165, 1.54) is 0 Å². The zero-order valence-corrected chi connectivity index (χ0v) is 16.4. The zero-order chi connectivity index (χ0) is 19.0. The molecule has 3 fully saturated rings. The second-order valence-corrected chi connectivity index (χ2v) is 8.09. The third-order valence-corrected chi connectivity index (χ3v) is 6.28. The molecule has 0 N–H and O–H groups in total. The highest BCUT2D eigenvalue weighted by molar-refractivity contribution is 5.82. The van der Waals surface area contributed by atoms with Gasteiger partial charge in [-0.05, 0) is 39.5 Å². The first-order valence-electron chi connectivity index (χ1n) is 10.2. The van der Waals surface area contributed by atoms with Crippen LogP contribution in [0.3, 0.4) is 0 Å². The van der Waals surface area contributed by atoms with Gasteiger partial charge in [0.25, 0.3) is 0 Å². The number of aryl methyl sites for hydroxylation is 1. The fraction of sp³-hybridized carbons (Fsp3) is 0.700. The van der Waals surface area contributed by atoms with Gasteiger partial charge in [-0.1, -0.05) is 0 Å². The molecule has 27 heavy (non-hydrogen) atoms. The SMILES string of the molecule is Cc1ncnc(N2CCN(C(=O)C3CCN(C(=O)C4CC4)CC3)CC2)c1C. The smallest absolute Gasteiger partial charge is 0.225 e. The number of rotatable bonds is 3. The predicted molar refractivity (Wildman–Crippen MR) is 102 cm³/mol. The Morgan fingerprint density at radius 2 is 1.37 bits per heavy atom. The van der Waals surface area contributed by atoms with Gasteiger partial charge in [-0.2, -0.15) is 0 Å². The Morgan fingerprint density at radius 1 is 0.815 bits per heavy atom. The van der Waals surface area contributed by atoms with Gasteiger partial charge in [-0.25, -0.2) is 9.97 Å². The number of amides is 2. The Labute approximate surface area is 160 Å². The van der Waals surface area contributed by atoms with Crippen LogP contribution in [0.15, 0.2) is 6.33 Å². The minimum Gasteiger partial charge on any atom is -0.353 e. The standard InChI is InChI=1S/C20H29N5O2/c1-14-15(2)21-13-22-18(14)23-9-11-25(12-10-23)20(27)17-5-7-24(8-6-17)19(26)16-3-4-16/h13,16-17H,3-12H2,1-2H3. The van der Waals surface area contributed by atoms with Gasteiger partial charge < -0.3 is 14.7 Å². The average Bonchev–Trinajstić information content (AvgIpc) is 3.55. The first-order valence-corrected chi connectivity index (χ1v) is 10.2. The number of hydrogen-bond donors (Lipinski definition) is 0. The number of piperazine rings is 1. The molecule has 1 aromatic rings. The van der Waals surface area contributed by atoms with E-state index in [9.17, 15) is 9.59 Å². The van der Waals surface area contributed by atoms with Crippen molar-refractivity contribution in [2.24, 2.45) is 11.8 Å². The van der Waals surface area contributed by atoms with Crippen molar-refractivity contribution in [3.05, 3.63) is 17.6 Å². The first-order chi connectivity index (χ1) is 13.0. The minimum absolute atomic E-state index is 0.0721. The number of nitrogens with zero attached hydrogens (tertiary/aromatic N) is 5. The van der Waals surface area contributed by atoms with Gasteiger partial charge in [0.05, 0.1) is 0 Å². The van der Waals surface area contributed by atoms with E-state index in [-0.39, 0.29) is 17.7 Å². The number of carbonyl (C=O) groups is 2. The molecule has 146 valence electrons. The molecular weight excluding hydrogens is 342 g/mol. The van der Waals surface area contributed by atoms with Crippen molar-refractivity contribution in [3.63, 3.8) is 0 Å². The lowest BCUT2D eigenvalue weighted by atomic mass is 9.94. The average molecular weight is 371 g/mol. The third-order valence-electron chi connectivity index (χ3n) is 6.28. The van der Waals surface area contributed by atoms with Gasteiger partial charge in [0.15, 0.2) is 0 Å². The summed E-state index contributed by atoms with van der Waals surface area (Å²) in [7, 11) is 0.